The Morgan fingerprint density at radius 2 is 1.03 bits per heavy atom. The van der Waals surface area contributed by atoms with Crippen LogP contribution in [0.2, 0.25) is 0 Å². The largest absolute Gasteiger partial charge is 0.460 e. The second kappa shape index (κ2) is 7.69. The Bertz CT molecular complexity index is 698. The van der Waals surface area contributed by atoms with E-state index < -0.39 is 79.4 Å². The first-order chi connectivity index (χ1) is 14.1. The Morgan fingerprint density at radius 3 is 1.47 bits per heavy atom. The molecule has 0 aromatic rings. The second-order valence-corrected chi connectivity index (χ2v) is 6.69. The van der Waals surface area contributed by atoms with Gasteiger partial charge in [0.15, 0.2) is 6.29 Å². The van der Waals surface area contributed by atoms with Crippen LogP contribution in [0.25, 0.3) is 0 Å². The summed E-state index contributed by atoms with van der Waals surface area (Å²) in [6.07, 6.45) is -22.8. The molecular formula is C13H11F13O6. The smallest absolute Gasteiger partial charge is 0.394 e. The van der Waals surface area contributed by atoms with Crippen molar-refractivity contribution in [1.29, 1.82) is 0 Å². The molecule has 0 spiro atoms. The summed E-state index contributed by atoms with van der Waals surface area (Å²) in [5.74, 6) is -38.5. The number of aliphatic hydroxyl groups is 3. The van der Waals surface area contributed by atoms with Crippen LogP contribution in [0.3, 0.4) is 0 Å². The minimum absolute atomic E-state index is 1.14. The van der Waals surface area contributed by atoms with Crippen molar-refractivity contribution >= 4 is 0 Å². The first-order valence-corrected chi connectivity index (χ1v) is 7.98. The van der Waals surface area contributed by atoms with E-state index in [1.54, 1.807) is 0 Å². The minimum Gasteiger partial charge on any atom is -0.394 e. The number of halogens is 13. The van der Waals surface area contributed by atoms with Gasteiger partial charge < -0.3 is 29.5 Å². The molecule has 0 amide bonds. The fraction of sp³-hybridized carbons (Fsp3) is 1.00. The fourth-order valence-electron chi connectivity index (χ4n) is 2.78. The number of fused-ring (bicyclic) bond motifs is 1. The van der Waals surface area contributed by atoms with Crippen LogP contribution in [0.4, 0.5) is 57.1 Å². The summed E-state index contributed by atoms with van der Waals surface area (Å²) in [6, 6.07) is 0. The monoisotopic (exact) mass is 510 g/mol. The van der Waals surface area contributed by atoms with Gasteiger partial charge in [0.2, 0.25) is 6.29 Å². The van der Waals surface area contributed by atoms with Gasteiger partial charge in [0.1, 0.15) is 24.4 Å². The molecule has 0 saturated carbocycles. The van der Waals surface area contributed by atoms with E-state index in [-0.39, 0.29) is 0 Å². The van der Waals surface area contributed by atoms with E-state index in [1.807, 2.05) is 0 Å². The van der Waals surface area contributed by atoms with Crippen molar-refractivity contribution < 1.29 is 86.6 Å². The van der Waals surface area contributed by atoms with Gasteiger partial charge >= 0.3 is 35.8 Å². The predicted molar refractivity (Wildman–Crippen MR) is 68.3 cm³/mol. The quantitative estimate of drug-likeness (QED) is 0.474. The summed E-state index contributed by atoms with van der Waals surface area (Å²) in [4.78, 5) is 0. The highest BCUT2D eigenvalue weighted by Crippen LogP contribution is 2.61. The van der Waals surface area contributed by atoms with Gasteiger partial charge in [0.25, 0.3) is 0 Å². The first-order valence-electron chi connectivity index (χ1n) is 7.98. The molecule has 19 heteroatoms. The zero-order chi connectivity index (χ0) is 25.3. The first kappa shape index (κ1) is 27.1. The molecule has 0 aromatic heterocycles. The summed E-state index contributed by atoms with van der Waals surface area (Å²) in [6.45, 7) is -1.14. The Hall–Kier alpha value is -1.15. The summed E-state index contributed by atoms with van der Waals surface area (Å²) < 4.78 is 184. The third kappa shape index (κ3) is 3.51. The Balaban J connectivity index is 2.42. The van der Waals surface area contributed by atoms with E-state index >= 15 is 0 Å². The van der Waals surface area contributed by atoms with Crippen LogP contribution in [-0.4, -0.2) is 94.7 Å². The summed E-state index contributed by atoms with van der Waals surface area (Å²) in [7, 11) is 0. The van der Waals surface area contributed by atoms with E-state index in [9.17, 15) is 67.3 Å². The van der Waals surface area contributed by atoms with Crippen molar-refractivity contribution in [2.24, 2.45) is 0 Å². The normalized spacial score (nSPS) is 33.4. The predicted octanol–water partition coefficient (Wildman–Crippen LogP) is 1.91. The lowest BCUT2D eigenvalue weighted by molar-refractivity contribution is -0.450. The van der Waals surface area contributed by atoms with Crippen molar-refractivity contribution in [3.8, 4) is 0 Å². The van der Waals surface area contributed by atoms with Gasteiger partial charge in [-0.3, -0.25) is 0 Å². The minimum atomic E-state index is -8.10. The molecule has 6 nitrogen and oxygen atoms in total. The summed E-state index contributed by atoms with van der Waals surface area (Å²) >= 11 is 0. The SMILES string of the molecule is OC[C@H]1OC(O)[C@@H]2O[C@@H](C(F)(F)C(F)(F)C(F)(F)C(F)(F)C(F)(F)C(F)(F)F)O[C@@H]2[C@H]1O. The van der Waals surface area contributed by atoms with Crippen molar-refractivity contribution in [1.82, 2.24) is 0 Å². The second-order valence-electron chi connectivity index (χ2n) is 6.69. The highest BCUT2D eigenvalue weighted by molar-refractivity contribution is 5.12. The molecule has 0 radical (unpaired) electrons. The molecule has 32 heavy (non-hydrogen) atoms. The number of aliphatic hydroxyl groups excluding tert-OH is 3. The van der Waals surface area contributed by atoms with Crippen LogP contribution >= 0.6 is 0 Å². The molecule has 2 fully saturated rings. The van der Waals surface area contributed by atoms with Crippen LogP contribution in [0.5, 0.6) is 0 Å². The Kier molecular flexibility index (Phi) is 6.51. The number of alkyl halides is 13. The van der Waals surface area contributed by atoms with Crippen molar-refractivity contribution in [2.45, 2.75) is 72.8 Å². The molecule has 0 aromatic carbocycles. The van der Waals surface area contributed by atoms with Gasteiger partial charge in [-0.1, -0.05) is 0 Å². The van der Waals surface area contributed by atoms with Gasteiger partial charge in [-0.05, 0) is 0 Å². The highest BCUT2D eigenvalue weighted by atomic mass is 19.4. The maximum atomic E-state index is 14.1. The van der Waals surface area contributed by atoms with Gasteiger partial charge in [-0.25, -0.2) is 0 Å². The maximum absolute atomic E-state index is 14.1. The van der Waals surface area contributed by atoms with Crippen LogP contribution in [-0.2, 0) is 14.2 Å². The average Bonchev–Trinajstić information content (AvgIpc) is 3.10. The molecule has 2 aliphatic rings. The molecule has 3 N–H and O–H groups in total. The van der Waals surface area contributed by atoms with Crippen LogP contribution < -0.4 is 0 Å². The molecule has 2 aliphatic heterocycles. The Labute approximate surface area is 167 Å². The fourth-order valence-corrected chi connectivity index (χ4v) is 2.78. The van der Waals surface area contributed by atoms with Gasteiger partial charge in [0.05, 0.1) is 6.61 Å². The summed E-state index contributed by atoms with van der Waals surface area (Å²) in [5.41, 5.74) is 0. The Morgan fingerprint density at radius 1 is 0.594 bits per heavy atom. The molecule has 1 unspecified atom stereocenters. The molecule has 6 atom stereocenters. The van der Waals surface area contributed by atoms with Crippen molar-refractivity contribution in [3.05, 3.63) is 0 Å². The molecule has 0 bridgehead atoms. The molecule has 2 rings (SSSR count). The van der Waals surface area contributed by atoms with Crippen LogP contribution in [0.1, 0.15) is 0 Å². The average molecular weight is 510 g/mol. The lowest BCUT2D eigenvalue weighted by atomic mass is 9.93. The van der Waals surface area contributed by atoms with Crippen molar-refractivity contribution in [3.63, 3.8) is 0 Å². The van der Waals surface area contributed by atoms with E-state index in [0.717, 1.165) is 0 Å². The topological polar surface area (TPSA) is 88.4 Å². The van der Waals surface area contributed by atoms with Gasteiger partial charge in [0, 0.05) is 0 Å². The van der Waals surface area contributed by atoms with Crippen LogP contribution in [0, 0.1) is 0 Å². The lowest BCUT2D eigenvalue weighted by Crippen LogP contribution is -2.71. The third-order valence-electron chi connectivity index (χ3n) is 4.63. The van der Waals surface area contributed by atoms with E-state index in [1.165, 1.54) is 0 Å². The maximum Gasteiger partial charge on any atom is 0.460 e. The van der Waals surface area contributed by atoms with Crippen LogP contribution in [0.15, 0.2) is 0 Å². The van der Waals surface area contributed by atoms with Gasteiger partial charge in [-0.15, -0.1) is 0 Å². The molecule has 0 aliphatic carbocycles. The number of rotatable bonds is 6. The molecule has 2 saturated heterocycles. The number of hydrogen-bond donors (Lipinski definition) is 3. The zero-order valence-corrected chi connectivity index (χ0v) is 14.7. The van der Waals surface area contributed by atoms with Crippen molar-refractivity contribution in [2.75, 3.05) is 6.61 Å². The highest BCUT2D eigenvalue weighted by Gasteiger charge is 2.92. The molecule has 190 valence electrons. The van der Waals surface area contributed by atoms with E-state index in [2.05, 4.69) is 14.2 Å². The summed E-state index contributed by atoms with van der Waals surface area (Å²) in [5, 5.41) is 28.1. The molecule has 2 heterocycles. The van der Waals surface area contributed by atoms with E-state index in [4.69, 9.17) is 5.11 Å². The lowest BCUT2D eigenvalue weighted by Gasteiger charge is -2.40. The third-order valence-corrected chi connectivity index (χ3v) is 4.63. The number of hydrogen-bond acceptors (Lipinski definition) is 6. The zero-order valence-electron chi connectivity index (χ0n) is 14.7. The standard InChI is InChI=1S/C13H11F13O6/c14-8(15,7-31-4-3(28)2(1-27)30-6(29)5(4)32-7)9(16,17)10(18,19)11(20,21)12(22,23)13(24,25)26/h2-7,27-29H,1H2/t2-,3+,4-,5-,6?,7+/m1/s1. The van der Waals surface area contributed by atoms with Gasteiger partial charge in [-0.2, -0.15) is 57.1 Å². The number of ether oxygens (including phenoxy) is 3. The van der Waals surface area contributed by atoms with E-state index in [0.29, 0.717) is 0 Å². The molecular weight excluding hydrogens is 499 g/mol.